The molecule has 6 nitrogen and oxygen atoms in total. The molecule has 0 saturated heterocycles. The van der Waals surface area contributed by atoms with Gasteiger partial charge in [-0.05, 0) is 42.5 Å². The van der Waals surface area contributed by atoms with Crippen LogP contribution >= 0.6 is 23.2 Å². The Kier molecular flexibility index (Phi) is 5.11. The van der Waals surface area contributed by atoms with Gasteiger partial charge in [0.25, 0.3) is 0 Å². The Morgan fingerprint density at radius 2 is 1.60 bits per heavy atom. The lowest BCUT2D eigenvalue weighted by molar-refractivity contribution is 0.412. The van der Waals surface area contributed by atoms with Crippen LogP contribution in [0.4, 0.5) is 17.2 Å². The maximum absolute atomic E-state index is 6.11. The summed E-state index contributed by atoms with van der Waals surface area (Å²) in [7, 11) is 1.60. The zero-order valence-corrected chi connectivity index (χ0v) is 14.7. The zero-order valence-electron chi connectivity index (χ0n) is 13.2. The standard InChI is InChI=1S/C17H14Cl2N4O2/c1-24-13-2-4-14(5-3-13)25-17-15(20)16(21-9-22-17)23-12-7-10(18)6-11(19)8-12/h2-9H,20H2,1H3,(H,21,22,23). The van der Waals surface area contributed by atoms with E-state index < -0.39 is 0 Å². The predicted octanol–water partition coefficient (Wildman–Crippen LogP) is 4.91. The number of benzene rings is 2. The molecule has 0 spiro atoms. The summed E-state index contributed by atoms with van der Waals surface area (Å²) in [5, 5.41) is 4.05. The molecule has 128 valence electrons. The molecular weight excluding hydrogens is 363 g/mol. The van der Waals surface area contributed by atoms with E-state index in [4.69, 9.17) is 38.4 Å². The molecule has 25 heavy (non-hydrogen) atoms. The van der Waals surface area contributed by atoms with Gasteiger partial charge in [0.05, 0.1) is 7.11 Å². The van der Waals surface area contributed by atoms with Gasteiger partial charge in [0.15, 0.2) is 5.82 Å². The quantitative estimate of drug-likeness (QED) is 0.658. The second kappa shape index (κ2) is 7.46. The Balaban J connectivity index is 1.83. The molecule has 0 aliphatic rings. The summed E-state index contributed by atoms with van der Waals surface area (Å²) in [6, 6.07) is 12.1. The number of nitrogens with two attached hydrogens (primary N) is 1. The number of nitrogens with one attached hydrogen (secondary N) is 1. The third kappa shape index (κ3) is 4.23. The fourth-order valence-electron chi connectivity index (χ4n) is 2.08. The van der Waals surface area contributed by atoms with Gasteiger partial charge in [-0.25, -0.2) is 4.98 Å². The minimum absolute atomic E-state index is 0.232. The van der Waals surface area contributed by atoms with Crippen molar-refractivity contribution >= 4 is 40.4 Å². The molecule has 0 bridgehead atoms. The van der Waals surface area contributed by atoms with Crippen LogP contribution in [0, 0.1) is 0 Å². The van der Waals surface area contributed by atoms with Crippen LogP contribution < -0.4 is 20.5 Å². The molecule has 0 amide bonds. The van der Waals surface area contributed by atoms with Gasteiger partial charge in [0, 0.05) is 15.7 Å². The third-order valence-electron chi connectivity index (χ3n) is 3.25. The molecule has 0 aliphatic carbocycles. The topological polar surface area (TPSA) is 82.3 Å². The summed E-state index contributed by atoms with van der Waals surface area (Å²) >= 11 is 12.0. The zero-order chi connectivity index (χ0) is 17.8. The van der Waals surface area contributed by atoms with Crippen LogP contribution in [0.5, 0.6) is 17.4 Å². The van der Waals surface area contributed by atoms with Crippen molar-refractivity contribution in [1.29, 1.82) is 0 Å². The first-order chi connectivity index (χ1) is 12.0. The molecule has 1 aromatic heterocycles. The number of ether oxygens (including phenoxy) is 2. The van der Waals surface area contributed by atoms with Gasteiger partial charge in [0.2, 0.25) is 5.88 Å². The molecule has 3 aromatic rings. The molecule has 0 unspecified atom stereocenters. The molecule has 0 aliphatic heterocycles. The normalized spacial score (nSPS) is 10.4. The van der Waals surface area contributed by atoms with E-state index in [0.29, 0.717) is 27.3 Å². The Hall–Kier alpha value is -2.70. The summed E-state index contributed by atoms with van der Waals surface area (Å²) in [6.07, 6.45) is 1.35. The first-order valence-electron chi connectivity index (χ1n) is 7.20. The molecule has 3 rings (SSSR count). The monoisotopic (exact) mass is 376 g/mol. The maximum Gasteiger partial charge on any atom is 0.248 e. The summed E-state index contributed by atoms with van der Waals surface area (Å²) in [5.41, 5.74) is 7.02. The SMILES string of the molecule is COc1ccc(Oc2ncnc(Nc3cc(Cl)cc(Cl)c3)c2N)cc1. The van der Waals surface area contributed by atoms with E-state index in [1.54, 1.807) is 49.6 Å². The van der Waals surface area contributed by atoms with E-state index in [1.165, 1.54) is 6.33 Å². The van der Waals surface area contributed by atoms with Crippen molar-refractivity contribution < 1.29 is 9.47 Å². The van der Waals surface area contributed by atoms with Gasteiger partial charge >= 0.3 is 0 Å². The van der Waals surface area contributed by atoms with Gasteiger partial charge in [0.1, 0.15) is 23.5 Å². The summed E-state index contributed by atoms with van der Waals surface area (Å²) in [6.45, 7) is 0. The van der Waals surface area contributed by atoms with Gasteiger partial charge in [-0.2, -0.15) is 4.98 Å². The van der Waals surface area contributed by atoms with Crippen LogP contribution in [0.2, 0.25) is 10.0 Å². The fraction of sp³-hybridized carbons (Fsp3) is 0.0588. The number of nitrogen functional groups attached to an aromatic ring is 1. The number of rotatable bonds is 5. The van der Waals surface area contributed by atoms with Gasteiger partial charge in [-0.1, -0.05) is 23.2 Å². The molecule has 1 heterocycles. The largest absolute Gasteiger partial charge is 0.497 e. The highest BCUT2D eigenvalue weighted by Crippen LogP contribution is 2.32. The third-order valence-corrected chi connectivity index (χ3v) is 3.68. The summed E-state index contributed by atoms with van der Waals surface area (Å²) < 4.78 is 10.8. The number of methoxy groups -OCH3 is 1. The average Bonchev–Trinajstić information content (AvgIpc) is 2.58. The van der Waals surface area contributed by atoms with E-state index in [2.05, 4.69) is 15.3 Å². The Morgan fingerprint density at radius 3 is 2.24 bits per heavy atom. The lowest BCUT2D eigenvalue weighted by Gasteiger charge is -2.12. The highest BCUT2D eigenvalue weighted by molar-refractivity contribution is 6.35. The fourth-order valence-corrected chi connectivity index (χ4v) is 2.60. The van der Waals surface area contributed by atoms with Crippen molar-refractivity contribution in [3.05, 3.63) is 58.8 Å². The molecule has 8 heteroatoms. The van der Waals surface area contributed by atoms with Crippen LogP contribution in [-0.4, -0.2) is 17.1 Å². The Bertz CT molecular complexity index is 868. The predicted molar refractivity (Wildman–Crippen MR) is 99.3 cm³/mol. The molecule has 0 atom stereocenters. The summed E-state index contributed by atoms with van der Waals surface area (Å²) in [5.74, 6) is 1.92. The van der Waals surface area contributed by atoms with E-state index in [0.717, 1.165) is 5.75 Å². The number of nitrogens with zero attached hydrogens (tertiary/aromatic N) is 2. The second-order valence-electron chi connectivity index (χ2n) is 5.00. The number of hydrogen-bond acceptors (Lipinski definition) is 6. The van der Waals surface area contributed by atoms with Crippen molar-refractivity contribution in [2.75, 3.05) is 18.2 Å². The van der Waals surface area contributed by atoms with Crippen molar-refractivity contribution in [3.8, 4) is 17.4 Å². The second-order valence-corrected chi connectivity index (χ2v) is 5.87. The lowest BCUT2D eigenvalue weighted by atomic mass is 10.3. The van der Waals surface area contributed by atoms with Crippen LogP contribution in [0.15, 0.2) is 48.8 Å². The van der Waals surface area contributed by atoms with Crippen LogP contribution in [-0.2, 0) is 0 Å². The highest BCUT2D eigenvalue weighted by Gasteiger charge is 2.11. The van der Waals surface area contributed by atoms with Crippen LogP contribution in [0.3, 0.4) is 0 Å². The highest BCUT2D eigenvalue weighted by atomic mass is 35.5. The maximum atomic E-state index is 6.11. The van der Waals surface area contributed by atoms with Gasteiger partial charge in [-0.3, -0.25) is 0 Å². The Labute approximate surface area is 154 Å². The van der Waals surface area contributed by atoms with E-state index >= 15 is 0 Å². The van der Waals surface area contributed by atoms with Crippen molar-refractivity contribution in [1.82, 2.24) is 9.97 Å². The minimum Gasteiger partial charge on any atom is -0.497 e. The average molecular weight is 377 g/mol. The van der Waals surface area contributed by atoms with Crippen LogP contribution in [0.1, 0.15) is 0 Å². The number of anilines is 3. The smallest absolute Gasteiger partial charge is 0.248 e. The first-order valence-corrected chi connectivity index (χ1v) is 7.96. The van der Waals surface area contributed by atoms with Crippen LogP contribution in [0.25, 0.3) is 0 Å². The Morgan fingerprint density at radius 1 is 0.960 bits per heavy atom. The van der Waals surface area contributed by atoms with E-state index in [-0.39, 0.29) is 11.6 Å². The van der Waals surface area contributed by atoms with E-state index in [1.807, 2.05) is 0 Å². The molecule has 0 fully saturated rings. The van der Waals surface area contributed by atoms with Crippen molar-refractivity contribution in [2.45, 2.75) is 0 Å². The molecule has 2 aromatic carbocycles. The van der Waals surface area contributed by atoms with Crippen molar-refractivity contribution in [2.24, 2.45) is 0 Å². The number of hydrogen-bond donors (Lipinski definition) is 2. The van der Waals surface area contributed by atoms with Crippen molar-refractivity contribution in [3.63, 3.8) is 0 Å². The van der Waals surface area contributed by atoms with E-state index in [9.17, 15) is 0 Å². The molecule has 0 radical (unpaired) electrons. The number of aromatic nitrogens is 2. The molecule has 3 N–H and O–H groups in total. The first kappa shape index (κ1) is 17.1. The van der Waals surface area contributed by atoms with Gasteiger partial charge in [-0.15, -0.1) is 0 Å². The minimum atomic E-state index is 0.232. The molecular formula is C17H14Cl2N4O2. The number of halogens is 2. The molecule has 0 saturated carbocycles. The van der Waals surface area contributed by atoms with Gasteiger partial charge < -0.3 is 20.5 Å². The summed E-state index contributed by atoms with van der Waals surface area (Å²) in [4.78, 5) is 8.20. The lowest BCUT2D eigenvalue weighted by Crippen LogP contribution is -2.03.